The molecule has 4 nitrogen and oxygen atoms in total. The number of amides is 1. The Morgan fingerprint density at radius 1 is 1.00 bits per heavy atom. The highest BCUT2D eigenvalue weighted by atomic mass is 16.6. The minimum absolute atomic E-state index is 0.0226. The van der Waals surface area contributed by atoms with E-state index < -0.39 is 17.2 Å². The van der Waals surface area contributed by atoms with E-state index >= 15 is 0 Å². The molecular formula is C16H23NO3. The second-order valence-electron chi connectivity index (χ2n) is 6.39. The van der Waals surface area contributed by atoms with Gasteiger partial charge in [0.1, 0.15) is 5.60 Å². The predicted octanol–water partition coefficient (Wildman–Crippen LogP) is 3.65. The van der Waals surface area contributed by atoms with Crippen LogP contribution in [0.4, 0.5) is 4.79 Å². The fourth-order valence-corrected chi connectivity index (χ4v) is 1.75. The van der Waals surface area contributed by atoms with Crippen LogP contribution in [0.15, 0.2) is 24.3 Å². The number of benzene rings is 1. The average Bonchev–Trinajstić information content (AvgIpc) is 2.25. The van der Waals surface area contributed by atoms with Crippen molar-refractivity contribution in [2.24, 2.45) is 0 Å². The van der Waals surface area contributed by atoms with Gasteiger partial charge in [-0.15, -0.1) is 0 Å². The molecule has 0 saturated heterocycles. The first-order chi connectivity index (χ1) is 9.01. The molecule has 0 spiro atoms. The lowest BCUT2D eigenvalue weighted by Gasteiger charge is -2.29. The normalized spacial score (nSPS) is 11.9. The highest BCUT2D eigenvalue weighted by molar-refractivity contribution is 5.94. The molecule has 0 heterocycles. The van der Waals surface area contributed by atoms with Crippen LogP contribution in [-0.2, 0) is 10.3 Å². The Labute approximate surface area is 120 Å². The minimum Gasteiger partial charge on any atom is -0.444 e. The molecule has 0 aliphatic heterocycles. The average molecular weight is 277 g/mol. The number of alkyl carbamates (subject to hydrolysis) is 1. The van der Waals surface area contributed by atoms with E-state index in [-0.39, 0.29) is 5.78 Å². The quantitative estimate of drug-likeness (QED) is 0.858. The van der Waals surface area contributed by atoms with Gasteiger partial charge in [-0.25, -0.2) is 4.79 Å². The molecule has 0 aliphatic carbocycles. The Morgan fingerprint density at radius 3 is 1.90 bits per heavy atom. The molecule has 1 aromatic carbocycles. The maximum atomic E-state index is 11.8. The molecule has 0 unspecified atom stereocenters. The van der Waals surface area contributed by atoms with Crippen molar-refractivity contribution in [1.29, 1.82) is 0 Å². The van der Waals surface area contributed by atoms with Gasteiger partial charge in [-0.1, -0.05) is 24.3 Å². The molecule has 0 fully saturated rings. The topological polar surface area (TPSA) is 55.4 Å². The number of Topliss-reactive ketones (excluding diaryl/α,β-unsaturated/α-hetero) is 1. The van der Waals surface area contributed by atoms with Crippen molar-refractivity contribution in [2.45, 2.75) is 52.7 Å². The summed E-state index contributed by atoms with van der Waals surface area (Å²) in [6, 6.07) is 7.20. The van der Waals surface area contributed by atoms with Gasteiger partial charge in [0.25, 0.3) is 0 Å². The maximum absolute atomic E-state index is 11.8. The van der Waals surface area contributed by atoms with Crippen LogP contribution in [0.5, 0.6) is 0 Å². The van der Waals surface area contributed by atoms with E-state index in [1.54, 1.807) is 12.1 Å². The third-order valence-corrected chi connectivity index (χ3v) is 2.83. The molecule has 20 heavy (non-hydrogen) atoms. The van der Waals surface area contributed by atoms with Crippen LogP contribution < -0.4 is 5.32 Å². The number of hydrogen-bond donors (Lipinski definition) is 1. The van der Waals surface area contributed by atoms with Crippen molar-refractivity contribution in [1.82, 2.24) is 5.32 Å². The van der Waals surface area contributed by atoms with E-state index in [0.29, 0.717) is 5.56 Å². The van der Waals surface area contributed by atoms with E-state index in [1.807, 2.05) is 46.8 Å². The number of hydrogen-bond acceptors (Lipinski definition) is 3. The summed E-state index contributed by atoms with van der Waals surface area (Å²) in [5.74, 6) is 0.0226. The molecule has 1 aromatic rings. The molecule has 0 aliphatic rings. The molecule has 0 bridgehead atoms. The number of nitrogens with one attached hydrogen (secondary N) is 1. The van der Waals surface area contributed by atoms with E-state index in [1.165, 1.54) is 6.92 Å². The first kappa shape index (κ1) is 16.2. The summed E-state index contributed by atoms with van der Waals surface area (Å²) in [5.41, 5.74) is 0.464. The first-order valence-electron chi connectivity index (χ1n) is 6.64. The number of carbonyl (C=O) groups excluding carboxylic acids is 2. The minimum atomic E-state index is -0.572. The van der Waals surface area contributed by atoms with Gasteiger partial charge in [-0.3, -0.25) is 4.79 Å². The molecule has 0 aromatic heterocycles. The third kappa shape index (κ3) is 4.68. The molecule has 4 heteroatoms. The Balaban J connectivity index is 2.82. The van der Waals surface area contributed by atoms with E-state index in [2.05, 4.69) is 5.32 Å². The number of rotatable bonds is 3. The highest BCUT2D eigenvalue weighted by Gasteiger charge is 2.26. The van der Waals surface area contributed by atoms with E-state index in [4.69, 9.17) is 4.74 Å². The number of ether oxygens (including phenoxy) is 1. The van der Waals surface area contributed by atoms with E-state index in [0.717, 1.165) is 5.56 Å². The number of ketones is 1. The van der Waals surface area contributed by atoms with Crippen molar-refractivity contribution in [3.8, 4) is 0 Å². The zero-order valence-corrected chi connectivity index (χ0v) is 13.0. The van der Waals surface area contributed by atoms with E-state index in [9.17, 15) is 9.59 Å². The smallest absolute Gasteiger partial charge is 0.408 e. The summed E-state index contributed by atoms with van der Waals surface area (Å²) in [6.45, 7) is 10.8. The van der Waals surface area contributed by atoms with Crippen molar-refractivity contribution < 1.29 is 14.3 Å². The maximum Gasteiger partial charge on any atom is 0.408 e. The third-order valence-electron chi connectivity index (χ3n) is 2.83. The van der Waals surface area contributed by atoms with Crippen LogP contribution in [0.25, 0.3) is 0 Å². The van der Waals surface area contributed by atoms with Crippen LogP contribution in [0.2, 0.25) is 0 Å². The van der Waals surface area contributed by atoms with Gasteiger partial charge in [0.2, 0.25) is 0 Å². The summed E-state index contributed by atoms with van der Waals surface area (Å²) in [6.07, 6.45) is -0.460. The lowest BCUT2D eigenvalue weighted by atomic mass is 9.93. The summed E-state index contributed by atoms with van der Waals surface area (Å²) >= 11 is 0. The fourth-order valence-electron chi connectivity index (χ4n) is 1.75. The largest absolute Gasteiger partial charge is 0.444 e. The SMILES string of the molecule is CC(=O)c1ccc(C(C)(C)NC(=O)OC(C)(C)C)cc1. The van der Waals surface area contributed by atoms with Crippen molar-refractivity contribution >= 4 is 11.9 Å². The standard InChI is InChI=1S/C16H23NO3/c1-11(18)12-7-9-13(10-8-12)16(5,6)17-14(19)20-15(2,3)4/h7-10H,1-6H3,(H,17,19). The lowest BCUT2D eigenvalue weighted by Crippen LogP contribution is -2.43. The summed E-state index contributed by atoms with van der Waals surface area (Å²) in [7, 11) is 0. The van der Waals surface area contributed by atoms with Crippen LogP contribution >= 0.6 is 0 Å². The predicted molar refractivity (Wildman–Crippen MR) is 78.8 cm³/mol. The molecule has 0 radical (unpaired) electrons. The van der Waals surface area contributed by atoms with Crippen LogP contribution in [0.3, 0.4) is 0 Å². The zero-order chi connectivity index (χ0) is 15.6. The molecule has 1 rings (SSSR count). The van der Waals surface area contributed by atoms with Gasteiger partial charge < -0.3 is 10.1 Å². The molecule has 110 valence electrons. The number of carbonyl (C=O) groups is 2. The summed E-state index contributed by atoms with van der Waals surface area (Å²) in [4.78, 5) is 23.1. The van der Waals surface area contributed by atoms with Gasteiger partial charge in [-0.2, -0.15) is 0 Å². The molecule has 0 saturated carbocycles. The Morgan fingerprint density at radius 2 is 1.50 bits per heavy atom. The van der Waals surface area contributed by atoms with Gasteiger partial charge in [-0.05, 0) is 47.1 Å². The second-order valence-corrected chi connectivity index (χ2v) is 6.39. The summed E-state index contributed by atoms with van der Waals surface area (Å²) < 4.78 is 5.25. The Kier molecular flexibility index (Phi) is 4.58. The van der Waals surface area contributed by atoms with Crippen molar-refractivity contribution in [2.75, 3.05) is 0 Å². The fraction of sp³-hybridized carbons (Fsp3) is 0.500. The summed E-state index contributed by atoms with van der Waals surface area (Å²) in [5, 5.41) is 2.83. The van der Waals surface area contributed by atoms with Gasteiger partial charge in [0, 0.05) is 5.56 Å². The van der Waals surface area contributed by atoms with Crippen LogP contribution in [0.1, 0.15) is 57.5 Å². The van der Waals surface area contributed by atoms with Gasteiger partial charge in [0.15, 0.2) is 5.78 Å². The Hall–Kier alpha value is -1.84. The molecule has 1 N–H and O–H groups in total. The molecule has 1 amide bonds. The Bertz CT molecular complexity index is 495. The lowest BCUT2D eigenvalue weighted by molar-refractivity contribution is 0.0470. The monoisotopic (exact) mass is 277 g/mol. The van der Waals surface area contributed by atoms with Gasteiger partial charge >= 0.3 is 6.09 Å². The first-order valence-corrected chi connectivity index (χ1v) is 6.64. The van der Waals surface area contributed by atoms with Crippen molar-refractivity contribution in [3.63, 3.8) is 0 Å². The molecule has 0 atom stereocenters. The van der Waals surface area contributed by atoms with Crippen molar-refractivity contribution in [3.05, 3.63) is 35.4 Å². The highest BCUT2D eigenvalue weighted by Crippen LogP contribution is 2.21. The van der Waals surface area contributed by atoms with Gasteiger partial charge in [0.05, 0.1) is 5.54 Å². The second kappa shape index (κ2) is 5.65. The van der Waals surface area contributed by atoms with Crippen LogP contribution in [-0.4, -0.2) is 17.5 Å². The molecular weight excluding hydrogens is 254 g/mol. The van der Waals surface area contributed by atoms with Crippen LogP contribution in [0, 0.1) is 0 Å². The zero-order valence-electron chi connectivity index (χ0n) is 13.0.